The number of nitrogens with zero attached hydrogens (tertiary/aromatic N) is 1. The highest BCUT2D eigenvalue weighted by molar-refractivity contribution is 6.37. The number of ketones is 1. The molecule has 12 nitrogen and oxygen atoms in total. The zero-order chi connectivity index (χ0) is 29.6. The maximum atomic E-state index is 13.8. The van der Waals surface area contributed by atoms with Crippen molar-refractivity contribution in [3.8, 4) is 0 Å². The standard InChI is InChI=1S/C28H45N5O7/c1-16-12-13-33(21(16)25(37)31-19(22(35)24(29)36)14-17-8-7-9-17)26(38)23(28(2,3)4)32-27(39)30-15-20(34)40-18-10-5-6-11-18/h16-19,21,23H,5-15H2,1-4H3,(H2,29,36)(H,31,37)(H2,30,32,39). The molecule has 0 bridgehead atoms. The number of rotatable bonds is 11. The number of primary amides is 1. The molecule has 1 heterocycles. The Bertz CT molecular complexity index is 984. The van der Waals surface area contributed by atoms with E-state index in [1.54, 1.807) is 20.8 Å². The molecule has 3 aliphatic rings. The highest BCUT2D eigenvalue weighted by Crippen LogP contribution is 2.32. The van der Waals surface area contributed by atoms with Gasteiger partial charge >= 0.3 is 12.0 Å². The molecule has 0 aromatic heterocycles. The van der Waals surface area contributed by atoms with Crippen LogP contribution in [-0.2, 0) is 28.7 Å². The fourth-order valence-electron chi connectivity index (χ4n) is 5.70. The lowest BCUT2D eigenvalue weighted by atomic mass is 9.80. The molecule has 5 N–H and O–H groups in total. The minimum atomic E-state index is -1.10. The van der Waals surface area contributed by atoms with Gasteiger partial charge in [0.1, 0.15) is 24.7 Å². The van der Waals surface area contributed by atoms with E-state index in [2.05, 4.69) is 16.0 Å². The first kappa shape index (κ1) is 31.3. The summed E-state index contributed by atoms with van der Waals surface area (Å²) in [4.78, 5) is 77.6. The van der Waals surface area contributed by atoms with Crippen LogP contribution >= 0.6 is 0 Å². The number of nitrogens with two attached hydrogens (primary N) is 1. The number of nitrogens with one attached hydrogen (secondary N) is 3. The Morgan fingerprint density at radius 3 is 2.15 bits per heavy atom. The van der Waals surface area contributed by atoms with E-state index >= 15 is 0 Å². The Balaban J connectivity index is 1.65. The van der Waals surface area contributed by atoms with Crippen LogP contribution in [0, 0.1) is 17.3 Å². The van der Waals surface area contributed by atoms with Crippen LogP contribution in [0.1, 0.15) is 85.5 Å². The van der Waals surface area contributed by atoms with Gasteiger partial charge in [0.2, 0.25) is 17.6 Å². The Hall–Kier alpha value is -3.18. The van der Waals surface area contributed by atoms with Crippen molar-refractivity contribution in [1.29, 1.82) is 0 Å². The van der Waals surface area contributed by atoms with Gasteiger partial charge in [-0.25, -0.2) is 4.79 Å². The number of carbonyl (C=O) groups is 6. The van der Waals surface area contributed by atoms with Crippen LogP contribution in [0.3, 0.4) is 0 Å². The molecule has 0 spiro atoms. The molecule has 2 saturated carbocycles. The van der Waals surface area contributed by atoms with Gasteiger partial charge in [0.05, 0.1) is 6.04 Å². The fraction of sp³-hybridized carbons (Fsp3) is 0.786. The lowest BCUT2D eigenvalue weighted by Gasteiger charge is -2.36. The van der Waals surface area contributed by atoms with E-state index < -0.39 is 59.0 Å². The molecule has 4 atom stereocenters. The predicted octanol–water partition coefficient (Wildman–Crippen LogP) is 1.15. The Kier molecular flexibility index (Phi) is 10.5. The SMILES string of the molecule is CC1CCN(C(=O)C(NC(=O)NCC(=O)OC2CCCC2)C(C)(C)C)C1C(=O)NC(CC1CCC1)C(=O)C(N)=O. The van der Waals surface area contributed by atoms with Crippen molar-refractivity contribution in [3.05, 3.63) is 0 Å². The zero-order valence-electron chi connectivity index (χ0n) is 24.1. The Labute approximate surface area is 235 Å². The van der Waals surface area contributed by atoms with E-state index in [1.165, 1.54) is 4.90 Å². The van der Waals surface area contributed by atoms with Gasteiger partial charge in [0.15, 0.2) is 0 Å². The van der Waals surface area contributed by atoms with Crippen molar-refractivity contribution in [3.63, 3.8) is 0 Å². The van der Waals surface area contributed by atoms with Gasteiger partial charge in [-0.05, 0) is 55.8 Å². The summed E-state index contributed by atoms with van der Waals surface area (Å²) in [6, 6.07) is -3.62. The topological polar surface area (TPSA) is 177 Å². The molecule has 3 rings (SSSR count). The van der Waals surface area contributed by atoms with Crippen LogP contribution in [-0.4, -0.2) is 77.7 Å². The smallest absolute Gasteiger partial charge is 0.325 e. The highest BCUT2D eigenvalue weighted by atomic mass is 16.5. The number of ether oxygens (including phenoxy) is 1. The number of esters is 1. The summed E-state index contributed by atoms with van der Waals surface area (Å²) in [5.41, 5.74) is 4.52. The molecule has 40 heavy (non-hydrogen) atoms. The second-order valence-electron chi connectivity index (χ2n) is 12.6. The van der Waals surface area contributed by atoms with Gasteiger partial charge in [-0.3, -0.25) is 24.0 Å². The van der Waals surface area contributed by atoms with Gasteiger partial charge in [-0.1, -0.05) is 47.0 Å². The van der Waals surface area contributed by atoms with Gasteiger partial charge in [-0.15, -0.1) is 0 Å². The predicted molar refractivity (Wildman–Crippen MR) is 145 cm³/mol. The van der Waals surface area contributed by atoms with Crippen molar-refractivity contribution < 1.29 is 33.5 Å². The monoisotopic (exact) mass is 563 g/mol. The summed E-state index contributed by atoms with van der Waals surface area (Å²) in [6.07, 6.45) is 7.30. The number of amides is 5. The van der Waals surface area contributed by atoms with Gasteiger partial charge in [0, 0.05) is 6.54 Å². The van der Waals surface area contributed by atoms with Crippen molar-refractivity contribution in [2.75, 3.05) is 13.1 Å². The average molecular weight is 564 g/mol. The zero-order valence-corrected chi connectivity index (χ0v) is 24.1. The molecule has 0 aromatic carbocycles. The molecular weight excluding hydrogens is 518 g/mol. The number of hydrogen-bond donors (Lipinski definition) is 4. The van der Waals surface area contributed by atoms with Crippen molar-refractivity contribution in [2.45, 2.75) is 110 Å². The first-order valence-corrected chi connectivity index (χ1v) is 14.5. The van der Waals surface area contributed by atoms with Crippen molar-refractivity contribution >= 4 is 35.5 Å². The van der Waals surface area contributed by atoms with Crippen molar-refractivity contribution in [1.82, 2.24) is 20.9 Å². The second kappa shape index (κ2) is 13.5. The number of carbonyl (C=O) groups excluding carboxylic acids is 6. The Morgan fingerprint density at radius 2 is 1.60 bits per heavy atom. The summed E-state index contributed by atoms with van der Waals surface area (Å²) in [7, 11) is 0. The third-order valence-electron chi connectivity index (χ3n) is 8.30. The summed E-state index contributed by atoms with van der Waals surface area (Å²) < 4.78 is 5.36. The van der Waals surface area contributed by atoms with Crippen LogP contribution in [0.15, 0.2) is 0 Å². The van der Waals surface area contributed by atoms with Crippen LogP contribution in [0.25, 0.3) is 0 Å². The first-order valence-electron chi connectivity index (χ1n) is 14.5. The van der Waals surface area contributed by atoms with E-state index in [1.807, 2.05) is 6.92 Å². The van der Waals surface area contributed by atoms with Gasteiger partial charge in [-0.2, -0.15) is 0 Å². The molecule has 0 aromatic rings. The lowest BCUT2D eigenvalue weighted by molar-refractivity contribution is -0.147. The summed E-state index contributed by atoms with van der Waals surface area (Å²) in [5, 5.41) is 7.85. The number of hydrogen-bond acceptors (Lipinski definition) is 7. The fourth-order valence-corrected chi connectivity index (χ4v) is 5.70. The van der Waals surface area contributed by atoms with Crippen molar-refractivity contribution in [2.24, 2.45) is 23.0 Å². The Morgan fingerprint density at radius 1 is 0.950 bits per heavy atom. The lowest BCUT2D eigenvalue weighted by Crippen LogP contribution is -2.60. The summed E-state index contributed by atoms with van der Waals surface area (Å²) >= 11 is 0. The largest absolute Gasteiger partial charge is 0.461 e. The molecule has 5 amide bonds. The van der Waals surface area contributed by atoms with Crippen LogP contribution in [0.4, 0.5) is 4.79 Å². The summed E-state index contributed by atoms with van der Waals surface area (Å²) in [6.45, 7) is 7.18. The molecule has 3 fully saturated rings. The van der Waals surface area contributed by atoms with Gasteiger partial charge in [0.25, 0.3) is 5.91 Å². The number of urea groups is 1. The molecule has 0 radical (unpaired) electrons. The van der Waals surface area contributed by atoms with Crippen LogP contribution in [0.2, 0.25) is 0 Å². The maximum Gasteiger partial charge on any atom is 0.325 e. The minimum absolute atomic E-state index is 0.118. The molecule has 1 aliphatic heterocycles. The second-order valence-corrected chi connectivity index (χ2v) is 12.6. The molecule has 4 unspecified atom stereocenters. The first-order chi connectivity index (χ1) is 18.8. The summed E-state index contributed by atoms with van der Waals surface area (Å²) in [5.74, 6) is -3.44. The number of likely N-dealkylation sites (tertiary alicyclic amines) is 1. The van der Waals surface area contributed by atoms with Gasteiger partial charge < -0.3 is 31.3 Å². The van der Waals surface area contributed by atoms with E-state index in [9.17, 15) is 28.8 Å². The number of Topliss-reactive ketones (excluding diaryl/α,β-unsaturated/α-hetero) is 1. The van der Waals surface area contributed by atoms with E-state index in [4.69, 9.17) is 10.5 Å². The maximum absolute atomic E-state index is 13.8. The van der Waals surface area contributed by atoms with E-state index in [0.717, 1.165) is 44.9 Å². The normalized spacial score (nSPS) is 23.1. The van der Waals surface area contributed by atoms with E-state index in [0.29, 0.717) is 19.4 Å². The molecule has 224 valence electrons. The van der Waals surface area contributed by atoms with Crippen LogP contribution < -0.4 is 21.7 Å². The molecular formula is C28H45N5O7. The average Bonchev–Trinajstić information content (AvgIpc) is 3.50. The highest BCUT2D eigenvalue weighted by Gasteiger charge is 2.45. The third-order valence-corrected chi connectivity index (χ3v) is 8.30. The minimum Gasteiger partial charge on any atom is -0.461 e. The third kappa shape index (κ3) is 8.17. The van der Waals surface area contributed by atoms with E-state index in [-0.39, 0.29) is 24.5 Å². The molecule has 1 saturated heterocycles. The molecule has 2 aliphatic carbocycles. The molecule has 12 heteroatoms. The van der Waals surface area contributed by atoms with Crippen LogP contribution in [0.5, 0.6) is 0 Å². The quantitative estimate of drug-likeness (QED) is 0.215.